The van der Waals surface area contributed by atoms with Gasteiger partial charge in [-0.05, 0) is 45.8 Å². The van der Waals surface area contributed by atoms with E-state index in [1.165, 1.54) is 13.0 Å². The molecule has 8 heteroatoms. The molecule has 3 aromatic rings. The zero-order chi connectivity index (χ0) is 23.0. The van der Waals surface area contributed by atoms with E-state index >= 15 is 0 Å². The van der Waals surface area contributed by atoms with Gasteiger partial charge in [-0.25, -0.2) is 0 Å². The van der Waals surface area contributed by atoms with E-state index < -0.39 is 5.78 Å². The van der Waals surface area contributed by atoms with Crippen LogP contribution in [0.15, 0.2) is 57.5 Å². The van der Waals surface area contributed by atoms with Crippen molar-refractivity contribution in [2.45, 2.75) is 13.3 Å². The third-order valence-corrected chi connectivity index (χ3v) is 6.53. The lowest BCUT2D eigenvalue weighted by atomic mass is 9.82. The second-order valence-electron chi connectivity index (χ2n) is 7.22. The Bertz CT molecular complexity index is 1290. The zero-order valence-corrected chi connectivity index (χ0v) is 20.0. The molecule has 32 heavy (non-hydrogen) atoms. The van der Waals surface area contributed by atoms with Gasteiger partial charge in [-0.1, -0.05) is 40.2 Å². The molecule has 0 heterocycles. The Labute approximate surface area is 200 Å². The SMILES string of the molecule is CC(=O)OCCc1cc(Nc2ccc(O)c3c2C(=O)c2ccccc2C3=O)c(Br)cc1Br. The van der Waals surface area contributed by atoms with E-state index in [1.54, 1.807) is 30.3 Å². The van der Waals surface area contributed by atoms with Gasteiger partial charge < -0.3 is 15.2 Å². The Balaban J connectivity index is 1.75. The zero-order valence-electron chi connectivity index (χ0n) is 16.9. The molecule has 0 unspecified atom stereocenters. The molecule has 0 bridgehead atoms. The summed E-state index contributed by atoms with van der Waals surface area (Å²) in [6.07, 6.45) is 0.487. The van der Waals surface area contributed by atoms with Gasteiger partial charge in [-0.15, -0.1) is 0 Å². The van der Waals surface area contributed by atoms with Gasteiger partial charge >= 0.3 is 5.97 Å². The van der Waals surface area contributed by atoms with Crippen molar-refractivity contribution in [3.05, 3.63) is 85.3 Å². The van der Waals surface area contributed by atoms with Gasteiger partial charge in [-0.3, -0.25) is 14.4 Å². The number of halogens is 2. The number of ketones is 2. The number of benzene rings is 3. The number of carbonyl (C=O) groups is 3. The van der Waals surface area contributed by atoms with Crippen molar-refractivity contribution in [2.24, 2.45) is 0 Å². The van der Waals surface area contributed by atoms with E-state index in [0.717, 1.165) is 14.5 Å². The third-order valence-electron chi connectivity index (χ3n) is 5.14. The first-order chi connectivity index (χ1) is 15.3. The molecule has 162 valence electrons. The molecular weight excluding hydrogens is 542 g/mol. The van der Waals surface area contributed by atoms with Crippen LogP contribution in [0.5, 0.6) is 5.75 Å². The summed E-state index contributed by atoms with van der Waals surface area (Å²) in [5, 5.41) is 13.6. The van der Waals surface area contributed by atoms with Crippen molar-refractivity contribution in [1.29, 1.82) is 0 Å². The average Bonchev–Trinajstić information content (AvgIpc) is 2.75. The highest BCUT2D eigenvalue weighted by atomic mass is 79.9. The maximum atomic E-state index is 13.3. The van der Waals surface area contributed by atoms with Crippen molar-refractivity contribution < 1.29 is 24.2 Å². The molecule has 2 N–H and O–H groups in total. The van der Waals surface area contributed by atoms with Crippen LogP contribution in [0.3, 0.4) is 0 Å². The molecule has 0 aliphatic heterocycles. The third kappa shape index (κ3) is 4.08. The minimum absolute atomic E-state index is 0.0120. The van der Waals surface area contributed by atoms with Crippen molar-refractivity contribution >= 4 is 60.8 Å². The normalized spacial score (nSPS) is 12.2. The lowest BCUT2D eigenvalue weighted by Crippen LogP contribution is -2.22. The first-order valence-corrected chi connectivity index (χ1v) is 11.3. The fraction of sp³-hybridized carbons (Fsp3) is 0.125. The molecule has 0 aromatic heterocycles. The predicted octanol–water partition coefficient (Wildman–Crippen LogP) is 5.54. The van der Waals surface area contributed by atoms with Crippen molar-refractivity contribution in [3.8, 4) is 5.75 Å². The Kier molecular flexibility index (Phi) is 6.17. The minimum Gasteiger partial charge on any atom is -0.507 e. The Hall–Kier alpha value is -2.97. The van der Waals surface area contributed by atoms with E-state index in [4.69, 9.17) is 4.74 Å². The molecule has 0 radical (unpaired) electrons. The molecule has 0 amide bonds. The van der Waals surface area contributed by atoms with Gasteiger partial charge in [-0.2, -0.15) is 0 Å². The number of phenols is 1. The Morgan fingerprint density at radius 1 is 0.938 bits per heavy atom. The summed E-state index contributed by atoms with van der Waals surface area (Å²) in [4.78, 5) is 37.3. The Morgan fingerprint density at radius 3 is 2.25 bits per heavy atom. The van der Waals surface area contributed by atoms with Crippen LogP contribution < -0.4 is 5.32 Å². The summed E-state index contributed by atoms with van der Waals surface area (Å²) in [6, 6.07) is 13.2. The van der Waals surface area contributed by atoms with Crippen LogP contribution in [0.1, 0.15) is 44.3 Å². The van der Waals surface area contributed by atoms with Crippen LogP contribution in [0, 0.1) is 0 Å². The topological polar surface area (TPSA) is 92.7 Å². The molecule has 4 rings (SSSR count). The van der Waals surface area contributed by atoms with Crippen LogP contribution in [0.25, 0.3) is 0 Å². The van der Waals surface area contributed by atoms with Crippen molar-refractivity contribution in [1.82, 2.24) is 0 Å². The van der Waals surface area contributed by atoms with Gasteiger partial charge in [0.15, 0.2) is 11.6 Å². The molecule has 0 spiro atoms. The number of rotatable bonds is 5. The first kappa shape index (κ1) is 22.2. The Morgan fingerprint density at radius 2 is 1.59 bits per heavy atom. The number of aromatic hydroxyl groups is 1. The number of ether oxygens (including phenoxy) is 1. The highest BCUT2D eigenvalue weighted by Crippen LogP contribution is 2.39. The molecule has 1 aliphatic rings. The summed E-state index contributed by atoms with van der Waals surface area (Å²) in [6.45, 7) is 1.58. The maximum Gasteiger partial charge on any atom is 0.302 e. The minimum atomic E-state index is -0.395. The molecule has 0 saturated carbocycles. The van der Waals surface area contributed by atoms with Crippen LogP contribution >= 0.6 is 31.9 Å². The lowest BCUT2D eigenvalue weighted by Gasteiger charge is -2.22. The smallest absolute Gasteiger partial charge is 0.302 e. The lowest BCUT2D eigenvalue weighted by molar-refractivity contribution is -0.140. The predicted molar refractivity (Wildman–Crippen MR) is 127 cm³/mol. The van der Waals surface area contributed by atoms with Gasteiger partial charge in [0, 0.05) is 33.4 Å². The second kappa shape index (κ2) is 8.88. The fourth-order valence-corrected chi connectivity index (χ4v) is 4.93. The summed E-state index contributed by atoms with van der Waals surface area (Å²) in [7, 11) is 0. The molecule has 0 atom stereocenters. The van der Waals surface area contributed by atoms with E-state index in [0.29, 0.717) is 23.4 Å². The number of hydrogen-bond donors (Lipinski definition) is 2. The molecule has 6 nitrogen and oxygen atoms in total. The van der Waals surface area contributed by atoms with E-state index in [-0.39, 0.29) is 40.8 Å². The summed E-state index contributed by atoms with van der Waals surface area (Å²) < 4.78 is 6.58. The van der Waals surface area contributed by atoms with E-state index in [1.807, 2.05) is 12.1 Å². The molecule has 0 fully saturated rings. The molecule has 3 aromatic carbocycles. The summed E-state index contributed by atoms with van der Waals surface area (Å²) in [5.74, 6) is -1.32. The largest absolute Gasteiger partial charge is 0.507 e. The van der Waals surface area contributed by atoms with E-state index in [2.05, 4.69) is 37.2 Å². The quantitative estimate of drug-likeness (QED) is 0.247. The first-order valence-electron chi connectivity index (χ1n) is 9.70. The molecule has 0 saturated heterocycles. The summed E-state index contributed by atoms with van der Waals surface area (Å²) >= 11 is 7.02. The standard InChI is InChI=1S/C24H17Br2NO5/c1-12(28)32-9-8-13-10-19(17(26)11-16(13)25)27-18-6-7-20(29)22-21(18)23(30)14-4-2-3-5-15(14)24(22)31/h2-7,10-11,27,29H,8-9H2,1H3. The van der Waals surface area contributed by atoms with Crippen molar-refractivity contribution in [3.63, 3.8) is 0 Å². The number of nitrogens with one attached hydrogen (secondary N) is 1. The van der Waals surface area contributed by atoms with Crippen LogP contribution in [-0.2, 0) is 16.0 Å². The van der Waals surface area contributed by atoms with Gasteiger partial charge in [0.1, 0.15) is 5.75 Å². The average molecular weight is 559 g/mol. The highest BCUT2D eigenvalue weighted by molar-refractivity contribution is 9.11. The van der Waals surface area contributed by atoms with Gasteiger partial charge in [0.2, 0.25) is 0 Å². The van der Waals surface area contributed by atoms with Crippen LogP contribution in [0.2, 0.25) is 0 Å². The number of hydrogen-bond acceptors (Lipinski definition) is 6. The summed E-state index contributed by atoms with van der Waals surface area (Å²) in [5.41, 5.74) is 2.63. The maximum absolute atomic E-state index is 13.3. The number of carbonyl (C=O) groups excluding carboxylic acids is 3. The van der Waals surface area contributed by atoms with Crippen LogP contribution in [0.4, 0.5) is 11.4 Å². The molecule has 1 aliphatic carbocycles. The second-order valence-corrected chi connectivity index (χ2v) is 8.93. The van der Waals surface area contributed by atoms with Gasteiger partial charge in [0.25, 0.3) is 0 Å². The van der Waals surface area contributed by atoms with E-state index in [9.17, 15) is 19.5 Å². The number of anilines is 2. The van der Waals surface area contributed by atoms with Gasteiger partial charge in [0.05, 0.1) is 29.1 Å². The number of phenolic OH excluding ortho intramolecular Hbond substituents is 1. The highest BCUT2D eigenvalue weighted by Gasteiger charge is 2.34. The van der Waals surface area contributed by atoms with Crippen LogP contribution in [-0.4, -0.2) is 29.2 Å². The fourth-order valence-electron chi connectivity index (χ4n) is 3.64. The number of esters is 1. The molecular formula is C24H17Br2NO5. The van der Waals surface area contributed by atoms with Crippen molar-refractivity contribution in [2.75, 3.05) is 11.9 Å². The monoisotopic (exact) mass is 557 g/mol. The number of fused-ring (bicyclic) bond motifs is 2.